The third kappa shape index (κ3) is 5.76. The zero-order chi connectivity index (χ0) is 19.8. The predicted molar refractivity (Wildman–Crippen MR) is 109 cm³/mol. The van der Waals surface area contributed by atoms with E-state index in [0.29, 0.717) is 30.2 Å². The van der Waals surface area contributed by atoms with Crippen molar-refractivity contribution in [1.29, 1.82) is 0 Å². The summed E-state index contributed by atoms with van der Waals surface area (Å²) in [6, 6.07) is 22.9. The molecule has 0 atom stereocenters. The van der Waals surface area contributed by atoms with Crippen LogP contribution in [0.25, 0.3) is 0 Å². The van der Waals surface area contributed by atoms with Gasteiger partial charge in [-0.1, -0.05) is 48.0 Å². The van der Waals surface area contributed by atoms with Crippen LogP contribution >= 0.6 is 11.6 Å². The average Bonchev–Trinajstić information content (AvgIpc) is 2.72. The number of para-hydroxylation sites is 1. The van der Waals surface area contributed by atoms with Crippen molar-refractivity contribution in [3.63, 3.8) is 0 Å². The van der Waals surface area contributed by atoms with E-state index in [1.165, 1.54) is 7.11 Å². The van der Waals surface area contributed by atoms with Crippen LogP contribution in [0, 0.1) is 0 Å². The first kappa shape index (κ1) is 19.8. The van der Waals surface area contributed by atoms with E-state index in [-0.39, 0.29) is 5.97 Å². The zero-order valence-electron chi connectivity index (χ0n) is 15.6. The van der Waals surface area contributed by atoms with Crippen LogP contribution in [0.15, 0.2) is 72.8 Å². The summed E-state index contributed by atoms with van der Waals surface area (Å²) in [5.41, 5.74) is 1.93. The number of benzene rings is 3. The Balaban J connectivity index is 1.59. The molecule has 0 spiro atoms. The van der Waals surface area contributed by atoms with Gasteiger partial charge in [0, 0.05) is 6.42 Å². The molecule has 0 aromatic heterocycles. The number of carbonyl (C=O) groups is 1. The highest BCUT2D eigenvalue weighted by Crippen LogP contribution is 2.28. The van der Waals surface area contributed by atoms with Crippen molar-refractivity contribution in [2.75, 3.05) is 7.11 Å². The van der Waals surface area contributed by atoms with Crippen LogP contribution in [0.5, 0.6) is 17.2 Å². The first-order valence-electron chi connectivity index (χ1n) is 8.94. The van der Waals surface area contributed by atoms with Crippen molar-refractivity contribution < 1.29 is 19.0 Å². The molecule has 0 amide bonds. The van der Waals surface area contributed by atoms with Gasteiger partial charge in [-0.05, 0) is 53.9 Å². The molecule has 3 aromatic rings. The number of hydrogen-bond acceptors (Lipinski definition) is 4. The van der Waals surface area contributed by atoms with Gasteiger partial charge in [-0.15, -0.1) is 0 Å². The van der Waals surface area contributed by atoms with Gasteiger partial charge in [-0.3, -0.25) is 4.79 Å². The number of halogens is 1. The molecule has 0 radical (unpaired) electrons. The van der Waals surface area contributed by atoms with Gasteiger partial charge < -0.3 is 14.2 Å². The van der Waals surface area contributed by atoms with Gasteiger partial charge in [0.05, 0.1) is 12.1 Å². The van der Waals surface area contributed by atoms with E-state index in [9.17, 15) is 4.79 Å². The molecule has 0 bridgehead atoms. The number of rotatable bonds is 8. The standard InChI is InChI=1S/C23H21ClO4/c1-26-23(25)13-11-17-10-12-22(21(24)15-17)27-16-18-6-5-9-20(14-18)28-19-7-3-2-4-8-19/h2-10,12,14-15H,11,13,16H2,1H3. The quantitative estimate of drug-likeness (QED) is 0.450. The summed E-state index contributed by atoms with van der Waals surface area (Å²) in [5.74, 6) is 1.88. The van der Waals surface area contributed by atoms with Crippen LogP contribution < -0.4 is 9.47 Å². The van der Waals surface area contributed by atoms with Crippen LogP contribution in [0.2, 0.25) is 5.02 Å². The summed E-state index contributed by atoms with van der Waals surface area (Å²) in [5, 5.41) is 0.513. The monoisotopic (exact) mass is 396 g/mol. The minimum atomic E-state index is -0.242. The van der Waals surface area contributed by atoms with E-state index in [1.807, 2.05) is 72.8 Å². The van der Waals surface area contributed by atoms with Crippen molar-refractivity contribution in [3.8, 4) is 17.2 Å². The van der Waals surface area contributed by atoms with E-state index in [4.69, 9.17) is 21.1 Å². The fourth-order valence-corrected chi connectivity index (χ4v) is 2.91. The van der Waals surface area contributed by atoms with Crippen molar-refractivity contribution in [2.45, 2.75) is 19.4 Å². The fourth-order valence-electron chi connectivity index (χ4n) is 2.65. The maximum absolute atomic E-state index is 11.2. The predicted octanol–water partition coefficient (Wildman–Crippen LogP) is 5.82. The Kier molecular flexibility index (Phi) is 6.93. The smallest absolute Gasteiger partial charge is 0.305 e. The van der Waals surface area contributed by atoms with Gasteiger partial charge in [0.15, 0.2) is 0 Å². The molecule has 0 aliphatic rings. The Morgan fingerprint density at radius 3 is 2.43 bits per heavy atom. The lowest BCUT2D eigenvalue weighted by Crippen LogP contribution is -2.02. The fraction of sp³-hybridized carbons (Fsp3) is 0.174. The topological polar surface area (TPSA) is 44.8 Å². The third-order valence-electron chi connectivity index (χ3n) is 4.11. The molecule has 0 heterocycles. The first-order valence-corrected chi connectivity index (χ1v) is 9.32. The molecular weight excluding hydrogens is 376 g/mol. The first-order chi connectivity index (χ1) is 13.6. The van der Waals surface area contributed by atoms with E-state index in [0.717, 1.165) is 22.6 Å². The minimum absolute atomic E-state index is 0.242. The average molecular weight is 397 g/mol. The number of ether oxygens (including phenoxy) is 3. The number of methoxy groups -OCH3 is 1. The molecule has 28 heavy (non-hydrogen) atoms. The largest absolute Gasteiger partial charge is 0.487 e. The third-order valence-corrected chi connectivity index (χ3v) is 4.41. The van der Waals surface area contributed by atoms with E-state index < -0.39 is 0 Å². The Bertz CT molecular complexity index is 925. The lowest BCUT2D eigenvalue weighted by Gasteiger charge is -2.11. The summed E-state index contributed by atoms with van der Waals surface area (Å²) < 4.78 is 16.4. The zero-order valence-corrected chi connectivity index (χ0v) is 16.3. The molecule has 3 aromatic carbocycles. The lowest BCUT2D eigenvalue weighted by atomic mass is 10.1. The molecule has 0 N–H and O–H groups in total. The van der Waals surface area contributed by atoms with Crippen LogP contribution in [-0.4, -0.2) is 13.1 Å². The second kappa shape index (κ2) is 9.81. The van der Waals surface area contributed by atoms with Crippen LogP contribution in [0.4, 0.5) is 0 Å². The Morgan fingerprint density at radius 2 is 1.68 bits per heavy atom. The summed E-state index contributed by atoms with van der Waals surface area (Å²) in [7, 11) is 1.38. The molecule has 4 nitrogen and oxygen atoms in total. The molecule has 5 heteroatoms. The van der Waals surface area contributed by atoms with Crippen molar-refractivity contribution in [2.24, 2.45) is 0 Å². The number of carbonyl (C=O) groups excluding carboxylic acids is 1. The maximum Gasteiger partial charge on any atom is 0.305 e. The molecule has 0 saturated heterocycles. The van der Waals surface area contributed by atoms with Crippen molar-refractivity contribution in [1.82, 2.24) is 0 Å². The van der Waals surface area contributed by atoms with Crippen LogP contribution in [0.1, 0.15) is 17.5 Å². The minimum Gasteiger partial charge on any atom is -0.487 e. The van der Waals surface area contributed by atoms with Gasteiger partial charge >= 0.3 is 5.97 Å². The second-order valence-corrected chi connectivity index (χ2v) is 6.60. The van der Waals surface area contributed by atoms with Crippen LogP contribution in [-0.2, 0) is 22.6 Å². The summed E-state index contributed by atoms with van der Waals surface area (Å²) >= 11 is 6.32. The molecule has 0 fully saturated rings. The molecule has 144 valence electrons. The molecule has 0 aliphatic heterocycles. The number of hydrogen-bond donors (Lipinski definition) is 0. The molecule has 0 aliphatic carbocycles. The number of aryl methyl sites for hydroxylation is 1. The highest BCUT2D eigenvalue weighted by molar-refractivity contribution is 6.32. The number of esters is 1. The van der Waals surface area contributed by atoms with E-state index in [2.05, 4.69) is 4.74 Å². The van der Waals surface area contributed by atoms with Crippen molar-refractivity contribution in [3.05, 3.63) is 88.9 Å². The van der Waals surface area contributed by atoms with E-state index in [1.54, 1.807) is 0 Å². The maximum atomic E-state index is 11.2. The Labute approximate surface area is 169 Å². The Morgan fingerprint density at radius 1 is 0.893 bits per heavy atom. The van der Waals surface area contributed by atoms with Gasteiger partial charge in [0.2, 0.25) is 0 Å². The highest BCUT2D eigenvalue weighted by atomic mass is 35.5. The normalized spacial score (nSPS) is 10.4. The van der Waals surface area contributed by atoms with E-state index >= 15 is 0 Å². The van der Waals surface area contributed by atoms with Gasteiger partial charge in [-0.2, -0.15) is 0 Å². The highest BCUT2D eigenvalue weighted by Gasteiger charge is 2.07. The van der Waals surface area contributed by atoms with Crippen LogP contribution in [0.3, 0.4) is 0 Å². The molecule has 3 rings (SSSR count). The Hall–Kier alpha value is -2.98. The summed E-state index contributed by atoms with van der Waals surface area (Å²) in [6.45, 7) is 0.368. The molecule has 0 saturated carbocycles. The summed E-state index contributed by atoms with van der Waals surface area (Å²) in [4.78, 5) is 11.2. The second-order valence-electron chi connectivity index (χ2n) is 6.19. The SMILES string of the molecule is COC(=O)CCc1ccc(OCc2cccc(Oc3ccccc3)c2)c(Cl)c1. The molecule has 0 unspecified atom stereocenters. The van der Waals surface area contributed by atoms with Gasteiger partial charge in [0.1, 0.15) is 23.9 Å². The van der Waals surface area contributed by atoms with Crippen molar-refractivity contribution >= 4 is 17.6 Å². The lowest BCUT2D eigenvalue weighted by molar-refractivity contribution is -0.140. The summed E-state index contributed by atoms with van der Waals surface area (Å²) in [6.07, 6.45) is 0.896. The molecular formula is C23H21ClO4. The van der Waals surface area contributed by atoms with Gasteiger partial charge in [-0.25, -0.2) is 0 Å². The van der Waals surface area contributed by atoms with Gasteiger partial charge in [0.25, 0.3) is 0 Å².